The second kappa shape index (κ2) is 5.48. The second-order valence-corrected chi connectivity index (χ2v) is 6.53. The number of aliphatic carboxylic acids is 1. The predicted molar refractivity (Wildman–Crippen MR) is 82.0 cm³/mol. The summed E-state index contributed by atoms with van der Waals surface area (Å²) in [6.07, 6.45) is 1.64. The summed E-state index contributed by atoms with van der Waals surface area (Å²) in [6, 6.07) is 7.80. The van der Waals surface area contributed by atoms with Gasteiger partial charge in [-0.1, -0.05) is 0 Å². The van der Waals surface area contributed by atoms with Crippen molar-refractivity contribution in [2.45, 2.75) is 38.7 Å². The highest BCUT2D eigenvalue weighted by molar-refractivity contribution is 7.15. The van der Waals surface area contributed by atoms with E-state index in [9.17, 15) is 9.90 Å². The number of nitrogens with zero attached hydrogens (tertiary/aromatic N) is 1. The number of rotatable bonds is 4. The van der Waals surface area contributed by atoms with Gasteiger partial charge in [-0.05, 0) is 51.0 Å². The number of hydrogen-bond acceptors (Lipinski definition) is 4. The van der Waals surface area contributed by atoms with E-state index in [0.717, 1.165) is 33.3 Å². The third-order valence-corrected chi connectivity index (χ3v) is 4.67. The van der Waals surface area contributed by atoms with Crippen LogP contribution in [0.15, 0.2) is 24.3 Å². The Morgan fingerprint density at radius 2 is 2.10 bits per heavy atom. The molecule has 0 bridgehead atoms. The number of carboxylic acid groups (broad SMARTS) is 1. The third kappa shape index (κ3) is 2.78. The zero-order valence-electron chi connectivity index (χ0n) is 12.0. The average Bonchev–Trinajstić information content (AvgIpc) is 2.98. The van der Waals surface area contributed by atoms with Crippen molar-refractivity contribution in [3.05, 3.63) is 34.8 Å². The van der Waals surface area contributed by atoms with Crippen molar-refractivity contribution in [2.24, 2.45) is 0 Å². The fourth-order valence-electron chi connectivity index (χ4n) is 2.54. The zero-order chi connectivity index (χ0) is 15.0. The topological polar surface area (TPSA) is 59.4 Å². The highest BCUT2D eigenvalue weighted by Gasteiger charge is 2.32. The number of fused-ring (bicyclic) bond motifs is 1. The van der Waals surface area contributed by atoms with E-state index in [1.807, 2.05) is 38.1 Å². The van der Waals surface area contributed by atoms with Gasteiger partial charge in [0.15, 0.2) is 0 Å². The Morgan fingerprint density at radius 1 is 1.38 bits per heavy atom. The van der Waals surface area contributed by atoms with Crippen molar-refractivity contribution >= 4 is 17.3 Å². The maximum Gasteiger partial charge on any atom is 0.312 e. The molecule has 21 heavy (non-hydrogen) atoms. The lowest BCUT2D eigenvalue weighted by molar-refractivity contribution is -0.138. The molecule has 110 valence electrons. The van der Waals surface area contributed by atoms with Crippen LogP contribution in [0.3, 0.4) is 0 Å². The Bertz CT molecular complexity index is 661. The highest BCUT2D eigenvalue weighted by atomic mass is 32.1. The first kappa shape index (κ1) is 14.1. The lowest BCUT2D eigenvalue weighted by Crippen LogP contribution is -2.08. The molecular weight excluding hydrogens is 286 g/mol. The van der Waals surface area contributed by atoms with E-state index in [0.29, 0.717) is 6.42 Å². The molecule has 0 saturated heterocycles. The molecule has 1 aliphatic rings. The molecule has 0 saturated carbocycles. The van der Waals surface area contributed by atoms with Crippen LogP contribution in [0.4, 0.5) is 0 Å². The summed E-state index contributed by atoms with van der Waals surface area (Å²) in [5.74, 6) is -0.374. The van der Waals surface area contributed by atoms with E-state index in [1.54, 1.807) is 11.3 Å². The monoisotopic (exact) mass is 303 g/mol. The lowest BCUT2D eigenvalue weighted by atomic mass is 10.1. The van der Waals surface area contributed by atoms with E-state index in [-0.39, 0.29) is 6.10 Å². The smallest absolute Gasteiger partial charge is 0.312 e. The Hall–Kier alpha value is -1.88. The number of aromatic nitrogens is 1. The van der Waals surface area contributed by atoms with Gasteiger partial charge in [0.05, 0.1) is 11.8 Å². The van der Waals surface area contributed by atoms with Gasteiger partial charge in [0.2, 0.25) is 0 Å². The molecular formula is C16H17NO3S. The van der Waals surface area contributed by atoms with Crippen molar-refractivity contribution in [1.82, 2.24) is 4.98 Å². The SMILES string of the molecule is CC(C)Oc1ccc(-c2nc3c(s2)CCC3C(=O)O)cc1. The summed E-state index contributed by atoms with van der Waals surface area (Å²) in [4.78, 5) is 16.9. The number of aryl methyl sites for hydroxylation is 1. The van der Waals surface area contributed by atoms with Crippen molar-refractivity contribution in [1.29, 1.82) is 0 Å². The molecule has 0 aliphatic heterocycles. The summed E-state index contributed by atoms with van der Waals surface area (Å²) in [6.45, 7) is 3.98. The minimum atomic E-state index is -0.772. The van der Waals surface area contributed by atoms with Crippen molar-refractivity contribution < 1.29 is 14.6 Å². The molecule has 0 spiro atoms. The van der Waals surface area contributed by atoms with E-state index in [2.05, 4.69) is 4.98 Å². The van der Waals surface area contributed by atoms with Gasteiger partial charge < -0.3 is 9.84 Å². The van der Waals surface area contributed by atoms with Gasteiger partial charge in [-0.25, -0.2) is 4.98 Å². The van der Waals surface area contributed by atoms with Gasteiger partial charge in [0.25, 0.3) is 0 Å². The fraction of sp³-hybridized carbons (Fsp3) is 0.375. The number of benzene rings is 1. The molecule has 2 aromatic rings. The summed E-state index contributed by atoms with van der Waals surface area (Å²) >= 11 is 1.60. The molecule has 1 aromatic heterocycles. The molecule has 1 N–H and O–H groups in total. The molecule has 3 rings (SSSR count). The summed E-state index contributed by atoms with van der Waals surface area (Å²) in [5, 5.41) is 10.1. The Balaban J connectivity index is 1.85. The molecule has 1 aromatic carbocycles. The lowest BCUT2D eigenvalue weighted by Gasteiger charge is -2.09. The maximum absolute atomic E-state index is 11.2. The second-order valence-electron chi connectivity index (χ2n) is 5.45. The van der Waals surface area contributed by atoms with Gasteiger partial charge in [0.1, 0.15) is 16.7 Å². The van der Waals surface area contributed by atoms with Crippen LogP contribution in [0.1, 0.15) is 36.8 Å². The van der Waals surface area contributed by atoms with E-state index in [4.69, 9.17) is 4.74 Å². The Morgan fingerprint density at radius 3 is 2.71 bits per heavy atom. The molecule has 0 radical (unpaired) electrons. The van der Waals surface area contributed by atoms with Crippen LogP contribution >= 0.6 is 11.3 Å². The number of carbonyl (C=O) groups is 1. The summed E-state index contributed by atoms with van der Waals surface area (Å²) in [5.41, 5.74) is 1.76. The van der Waals surface area contributed by atoms with E-state index < -0.39 is 11.9 Å². The Labute approximate surface area is 127 Å². The molecule has 1 unspecified atom stereocenters. The molecule has 0 fully saturated rings. The van der Waals surface area contributed by atoms with Crippen LogP contribution in [0.25, 0.3) is 10.6 Å². The first-order valence-electron chi connectivity index (χ1n) is 7.04. The van der Waals surface area contributed by atoms with E-state index in [1.165, 1.54) is 0 Å². The minimum absolute atomic E-state index is 0.149. The standard InChI is InChI=1S/C16H17NO3S/c1-9(2)20-11-5-3-10(4-6-11)15-17-14-12(16(18)19)7-8-13(14)21-15/h3-6,9,12H,7-8H2,1-2H3,(H,18,19). The molecule has 1 aliphatic carbocycles. The average molecular weight is 303 g/mol. The molecule has 4 nitrogen and oxygen atoms in total. The van der Waals surface area contributed by atoms with Crippen molar-refractivity contribution in [3.63, 3.8) is 0 Å². The van der Waals surface area contributed by atoms with Crippen molar-refractivity contribution in [3.8, 4) is 16.3 Å². The van der Waals surface area contributed by atoms with Crippen LogP contribution in [-0.2, 0) is 11.2 Å². The van der Waals surface area contributed by atoms with Crippen LogP contribution in [0, 0.1) is 0 Å². The van der Waals surface area contributed by atoms with Gasteiger partial charge >= 0.3 is 5.97 Å². The van der Waals surface area contributed by atoms with Gasteiger partial charge in [0, 0.05) is 10.4 Å². The first-order chi connectivity index (χ1) is 10.0. The quantitative estimate of drug-likeness (QED) is 0.935. The number of ether oxygens (including phenoxy) is 1. The molecule has 0 amide bonds. The zero-order valence-corrected chi connectivity index (χ0v) is 12.8. The maximum atomic E-state index is 11.2. The van der Waals surface area contributed by atoms with Crippen LogP contribution < -0.4 is 4.74 Å². The highest BCUT2D eigenvalue weighted by Crippen LogP contribution is 2.40. The number of thiazole rings is 1. The van der Waals surface area contributed by atoms with E-state index >= 15 is 0 Å². The molecule has 5 heteroatoms. The fourth-order valence-corrected chi connectivity index (χ4v) is 3.68. The van der Waals surface area contributed by atoms with Crippen LogP contribution in [0.5, 0.6) is 5.75 Å². The minimum Gasteiger partial charge on any atom is -0.491 e. The summed E-state index contributed by atoms with van der Waals surface area (Å²) in [7, 11) is 0. The molecule has 1 heterocycles. The normalized spacial score (nSPS) is 17.0. The van der Waals surface area contributed by atoms with Gasteiger partial charge in [-0.3, -0.25) is 4.79 Å². The number of hydrogen-bond donors (Lipinski definition) is 1. The largest absolute Gasteiger partial charge is 0.491 e. The first-order valence-corrected chi connectivity index (χ1v) is 7.85. The van der Waals surface area contributed by atoms with Crippen molar-refractivity contribution in [2.75, 3.05) is 0 Å². The predicted octanol–water partition coefficient (Wildman–Crippen LogP) is 3.71. The van der Waals surface area contributed by atoms with Crippen LogP contribution in [0.2, 0.25) is 0 Å². The Kier molecular flexibility index (Phi) is 3.68. The summed E-state index contributed by atoms with van der Waals surface area (Å²) < 4.78 is 5.62. The third-order valence-electron chi connectivity index (χ3n) is 3.49. The number of carboxylic acids is 1. The van der Waals surface area contributed by atoms with Gasteiger partial charge in [-0.15, -0.1) is 11.3 Å². The van der Waals surface area contributed by atoms with Crippen LogP contribution in [-0.4, -0.2) is 22.2 Å². The van der Waals surface area contributed by atoms with Gasteiger partial charge in [-0.2, -0.15) is 0 Å². The molecule has 1 atom stereocenters.